The number of nitrogens with zero attached hydrogens (tertiary/aromatic N) is 3. The first-order chi connectivity index (χ1) is 9.05. The minimum Gasteiger partial charge on any atom is -0.364 e. The fourth-order valence-electron chi connectivity index (χ4n) is 1.86. The summed E-state index contributed by atoms with van der Waals surface area (Å²) in [5, 5.41) is 18.8. The van der Waals surface area contributed by atoms with Gasteiger partial charge in [-0.2, -0.15) is 5.10 Å². The maximum Gasteiger partial charge on any atom is 0.334 e. The van der Waals surface area contributed by atoms with Crippen LogP contribution in [0.3, 0.4) is 0 Å². The van der Waals surface area contributed by atoms with Crippen LogP contribution in [-0.2, 0) is 7.05 Å². The zero-order valence-corrected chi connectivity index (χ0v) is 13.5. The van der Waals surface area contributed by atoms with Crippen LogP contribution in [0.25, 0.3) is 0 Å². The van der Waals surface area contributed by atoms with Gasteiger partial charge in [0.25, 0.3) is 0 Å². The van der Waals surface area contributed by atoms with E-state index >= 15 is 0 Å². The van der Waals surface area contributed by atoms with E-state index in [1.165, 1.54) is 0 Å². The van der Waals surface area contributed by atoms with Crippen LogP contribution in [-0.4, -0.2) is 21.2 Å². The zero-order chi connectivity index (χ0) is 15.7. The molecule has 1 rings (SSSR count). The molecule has 6 nitrogen and oxygen atoms in total. The van der Waals surface area contributed by atoms with E-state index in [0.717, 1.165) is 0 Å². The summed E-state index contributed by atoms with van der Waals surface area (Å²) in [6.45, 7) is 13.1. The van der Waals surface area contributed by atoms with Gasteiger partial charge in [0.1, 0.15) is 5.69 Å². The molecule has 114 valence electrons. The summed E-state index contributed by atoms with van der Waals surface area (Å²) >= 11 is 0. The summed E-state index contributed by atoms with van der Waals surface area (Å²) in [5.41, 5.74) is 0.786. The van der Waals surface area contributed by atoms with Crippen LogP contribution in [0, 0.1) is 21.4 Å². The smallest absolute Gasteiger partial charge is 0.334 e. The Morgan fingerprint density at radius 3 is 2.30 bits per heavy atom. The molecule has 0 spiro atoms. The summed E-state index contributed by atoms with van der Waals surface area (Å²) in [5.74, 6) is 0.909. The fourth-order valence-corrected chi connectivity index (χ4v) is 1.86. The second-order valence-corrected chi connectivity index (χ2v) is 6.77. The zero-order valence-electron chi connectivity index (χ0n) is 13.5. The van der Waals surface area contributed by atoms with Crippen molar-refractivity contribution in [2.75, 3.05) is 11.9 Å². The third-order valence-corrected chi connectivity index (χ3v) is 3.83. The normalized spacial score (nSPS) is 13.6. The third-order valence-electron chi connectivity index (χ3n) is 3.83. The first-order valence-corrected chi connectivity index (χ1v) is 7.00. The fraction of sp³-hybridized carbons (Fsp3) is 0.786. The number of nitro groups is 1. The molecule has 0 saturated heterocycles. The topological polar surface area (TPSA) is 73.0 Å². The average Bonchev–Trinajstić information content (AvgIpc) is 2.62. The summed E-state index contributed by atoms with van der Waals surface area (Å²) < 4.78 is 1.57. The molecule has 0 amide bonds. The molecule has 1 unspecified atom stereocenters. The van der Waals surface area contributed by atoms with Crippen molar-refractivity contribution < 1.29 is 4.92 Å². The minimum absolute atomic E-state index is 0.0252. The van der Waals surface area contributed by atoms with Gasteiger partial charge in [-0.25, -0.2) is 4.68 Å². The van der Waals surface area contributed by atoms with E-state index in [4.69, 9.17) is 0 Å². The Hall–Kier alpha value is -1.59. The van der Waals surface area contributed by atoms with Gasteiger partial charge in [-0.3, -0.25) is 10.1 Å². The average molecular weight is 282 g/mol. The summed E-state index contributed by atoms with van der Waals surface area (Å²) in [7, 11) is 1.74. The molecular formula is C14H26N4O2. The first kappa shape index (κ1) is 16.5. The van der Waals surface area contributed by atoms with E-state index in [1.54, 1.807) is 11.7 Å². The lowest BCUT2D eigenvalue weighted by Crippen LogP contribution is -2.25. The maximum atomic E-state index is 11.3. The molecule has 6 heteroatoms. The quantitative estimate of drug-likeness (QED) is 0.662. The summed E-state index contributed by atoms with van der Waals surface area (Å²) in [6, 6.07) is 0. The molecule has 0 bridgehead atoms. The number of aryl methyl sites for hydroxylation is 1. The Labute approximate surface area is 120 Å². The molecule has 0 aliphatic rings. The van der Waals surface area contributed by atoms with E-state index in [9.17, 15) is 10.1 Å². The minimum atomic E-state index is -0.341. The molecule has 1 N–H and O–H groups in total. The van der Waals surface area contributed by atoms with Gasteiger partial charge in [-0.05, 0) is 11.3 Å². The molecule has 0 aliphatic carbocycles. The van der Waals surface area contributed by atoms with Crippen LogP contribution in [0.1, 0.15) is 53.2 Å². The molecule has 0 saturated carbocycles. The molecule has 1 heterocycles. The molecule has 0 fully saturated rings. The van der Waals surface area contributed by atoms with Crippen LogP contribution >= 0.6 is 0 Å². The van der Waals surface area contributed by atoms with Crippen molar-refractivity contribution in [3.8, 4) is 0 Å². The van der Waals surface area contributed by atoms with Crippen molar-refractivity contribution in [3.63, 3.8) is 0 Å². The number of anilines is 1. The lowest BCUT2D eigenvalue weighted by Gasteiger charge is -2.27. The Morgan fingerprint density at radius 1 is 1.35 bits per heavy atom. The van der Waals surface area contributed by atoms with E-state index in [1.807, 2.05) is 13.8 Å². The number of rotatable bonds is 5. The van der Waals surface area contributed by atoms with E-state index < -0.39 is 0 Å². The summed E-state index contributed by atoms with van der Waals surface area (Å²) in [6.07, 6.45) is 0. The second-order valence-electron chi connectivity index (χ2n) is 6.77. The maximum absolute atomic E-state index is 11.3. The number of hydrogen-bond donors (Lipinski definition) is 1. The van der Waals surface area contributed by atoms with Crippen molar-refractivity contribution in [2.45, 2.75) is 47.5 Å². The van der Waals surface area contributed by atoms with Crippen LogP contribution in [0.5, 0.6) is 0 Å². The summed E-state index contributed by atoms with van der Waals surface area (Å²) in [4.78, 5) is 11.0. The third kappa shape index (κ3) is 3.49. The van der Waals surface area contributed by atoms with Gasteiger partial charge >= 0.3 is 5.69 Å². The van der Waals surface area contributed by atoms with Crippen molar-refractivity contribution in [3.05, 3.63) is 15.8 Å². The molecule has 1 aromatic rings. The van der Waals surface area contributed by atoms with Crippen LogP contribution in [0.2, 0.25) is 0 Å². The van der Waals surface area contributed by atoms with Crippen molar-refractivity contribution in [1.29, 1.82) is 0 Å². The van der Waals surface area contributed by atoms with Crippen LogP contribution in [0.15, 0.2) is 0 Å². The highest BCUT2D eigenvalue weighted by Gasteiger charge is 2.29. The SMILES string of the molecule is CC(C)c1nn(C)c(NCC(C)C(C)(C)C)c1[N+](=O)[O-]. The van der Waals surface area contributed by atoms with Gasteiger partial charge in [0.15, 0.2) is 0 Å². The van der Waals surface area contributed by atoms with Gasteiger partial charge in [0.2, 0.25) is 5.82 Å². The molecule has 20 heavy (non-hydrogen) atoms. The Bertz CT molecular complexity index is 486. The van der Waals surface area contributed by atoms with Crippen molar-refractivity contribution >= 4 is 11.5 Å². The molecule has 0 aliphatic heterocycles. The highest BCUT2D eigenvalue weighted by atomic mass is 16.6. The lowest BCUT2D eigenvalue weighted by molar-refractivity contribution is -0.384. The predicted octanol–water partition coefficient (Wildman–Crippen LogP) is 3.55. The monoisotopic (exact) mass is 282 g/mol. The molecular weight excluding hydrogens is 256 g/mol. The standard InChI is InChI=1S/C14H26N4O2/c1-9(2)11-12(18(19)20)13(17(7)16-11)15-8-10(3)14(4,5)6/h9-10,15H,8H2,1-7H3. The highest BCUT2D eigenvalue weighted by Crippen LogP contribution is 2.33. The first-order valence-electron chi connectivity index (χ1n) is 7.00. The van der Waals surface area contributed by atoms with Crippen molar-refractivity contribution in [1.82, 2.24) is 9.78 Å². The molecule has 1 aromatic heterocycles. The Balaban J connectivity index is 3.04. The molecule has 1 atom stereocenters. The van der Waals surface area contributed by atoms with Gasteiger partial charge < -0.3 is 5.32 Å². The van der Waals surface area contributed by atoms with Gasteiger partial charge in [0.05, 0.1) is 4.92 Å². The largest absolute Gasteiger partial charge is 0.364 e. The van der Waals surface area contributed by atoms with Crippen LogP contribution in [0.4, 0.5) is 11.5 Å². The Morgan fingerprint density at radius 2 is 1.90 bits per heavy atom. The van der Waals surface area contributed by atoms with Crippen molar-refractivity contribution in [2.24, 2.45) is 18.4 Å². The van der Waals surface area contributed by atoms with Crippen LogP contribution < -0.4 is 5.32 Å². The predicted molar refractivity (Wildman–Crippen MR) is 81.1 cm³/mol. The van der Waals surface area contributed by atoms with Gasteiger partial charge in [-0.1, -0.05) is 41.5 Å². The Kier molecular flexibility index (Phi) is 4.78. The number of hydrogen-bond acceptors (Lipinski definition) is 4. The second kappa shape index (κ2) is 5.81. The van der Waals surface area contributed by atoms with E-state index in [-0.39, 0.29) is 21.9 Å². The van der Waals surface area contributed by atoms with E-state index in [2.05, 4.69) is 38.1 Å². The van der Waals surface area contributed by atoms with Gasteiger partial charge in [0, 0.05) is 19.5 Å². The highest BCUT2D eigenvalue weighted by molar-refractivity contribution is 5.60. The molecule has 0 aromatic carbocycles. The molecule has 0 radical (unpaired) electrons. The lowest BCUT2D eigenvalue weighted by atomic mass is 9.82. The number of aromatic nitrogens is 2. The number of nitrogens with one attached hydrogen (secondary N) is 1. The van der Waals surface area contributed by atoms with Gasteiger partial charge in [-0.15, -0.1) is 0 Å². The van der Waals surface area contributed by atoms with E-state index in [0.29, 0.717) is 24.0 Å².